The van der Waals surface area contributed by atoms with Crippen molar-refractivity contribution >= 4 is 5.71 Å². The Morgan fingerprint density at radius 3 is 2.44 bits per heavy atom. The molecule has 1 N–H and O–H groups in total. The summed E-state index contributed by atoms with van der Waals surface area (Å²) in [6.45, 7) is 2.06. The summed E-state index contributed by atoms with van der Waals surface area (Å²) in [4.78, 5) is 0. The average molecular weight is 336 g/mol. The van der Waals surface area contributed by atoms with E-state index in [0.29, 0.717) is 12.2 Å². The van der Waals surface area contributed by atoms with Gasteiger partial charge < -0.3 is 32.2 Å². The van der Waals surface area contributed by atoms with Gasteiger partial charge in [-0.25, -0.2) is 0 Å². The molecule has 0 radical (unpaired) electrons. The van der Waals surface area contributed by atoms with Crippen LogP contribution in [0, 0.1) is 5.41 Å². The molecule has 1 rings (SSSR count). The van der Waals surface area contributed by atoms with Crippen molar-refractivity contribution in [3.8, 4) is 0 Å². The molecular formula is C11H12BrNO2Zn. The summed E-state index contributed by atoms with van der Waals surface area (Å²) in [5.74, 6) is -0.471. The van der Waals surface area contributed by atoms with Crippen LogP contribution in [0.3, 0.4) is 0 Å². The van der Waals surface area contributed by atoms with Gasteiger partial charge in [-0.15, -0.1) is 0 Å². The first-order valence-corrected chi connectivity index (χ1v) is 4.39. The third-order valence-electron chi connectivity index (χ3n) is 1.63. The molecule has 82 valence electrons. The molecule has 0 fully saturated rings. The molecule has 0 aliphatic heterocycles. The number of ether oxygens (including phenoxy) is 1. The van der Waals surface area contributed by atoms with Gasteiger partial charge in [-0.05, 0) is 18.2 Å². The molecule has 0 atom stereocenters. The predicted octanol–water partition coefficient (Wildman–Crippen LogP) is -1.71. The number of rotatable bonds is 4. The Kier molecular flexibility index (Phi) is 10.6. The van der Waals surface area contributed by atoms with Crippen molar-refractivity contribution in [2.24, 2.45) is 0 Å². The third-order valence-corrected chi connectivity index (χ3v) is 1.63. The van der Waals surface area contributed by atoms with Crippen LogP contribution in [0.5, 0.6) is 0 Å². The summed E-state index contributed by atoms with van der Waals surface area (Å²) in [7, 11) is 0. The first-order chi connectivity index (χ1) is 6.74. The van der Waals surface area contributed by atoms with E-state index < -0.39 is 5.95 Å². The van der Waals surface area contributed by atoms with E-state index in [1.54, 1.807) is 19.1 Å². The second-order valence-corrected chi connectivity index (χ2v) is 2.68. The van der Waals surface area contributed by atoms with Crippen LogP contribution >= 0.6 is 0 Å². The van der Waals surface area contributed by atoms with Crippen LogP contribution in [0.1, 0.15) is 12.5 Å². The maximum atomic E-state index is 11.0. The van der Waals surface area contributed by atoms with Crippen LogP contribution in [0.15, 0.2) is 42.4 Å². The van der Waals surface area contributed by atoms with Crippen molar-refractivity contribution in [2.45, 2.75) is 6.92 Å². The van der Waals surface area contributed by atoms with Crippen molar-refractivity contribution in [2.75, 3.05) is 6.61 Å². The van der Waals surface area contributed by atoms with Crippen LogP contribution in [-0.2, 0) is 24.2 Å². The molecule has 0 spiro atoms. The van der Waals surface area contributed by atoms with E-state index in [9.17, 15) is 5.11 Å². The fraction of sp³-hybridized carbons (Fsp3) is 0.182. The Morgan fingerprint density at radius 1 is 1.38 bits per heavy atom. The van der Waals surface area contributed by atoms with Gasteiger partial charge in [-0.1, -0.05) is 37.3 Å². The SMILES string of the molecule is CCOC([O-])=CC(=N)c1ccccc1.[Br-].[Zn+2]. The van der Waals surface area contributed by atoms with Gasteiger partial charge >= 0.3 is 19.5 Å². The first kappa shape index (κ1) is 17.7. The van der Waals surface area contributed by atoms with Gasteiger partial charge in [0.05, 0.1) is 11.7 Å². The van der Waals surface area contributed by atoms with Crippen molar-refractivity contribution < 1.29 is 46.3 Å². The standard InChI is InChI=1S/C11H13NO2.BrH.Zn/c1-2-14-11(13)8-10(12)9-6-4-3-5-7-9;;/h3-8,12-13H,2H2,1H3;1H;/q;;+2/p-2. The van der Waals surface area contributed by atoms with E-state index in [1.807, 2.05) is 18.2 Å². The number of benzene rings is 1. The molecule has 5 heteroatoms. The van der Waals surface area contributed by atoms with Crippen molar-refractivity contribution in [3.05, 3.63) is 47.9 Å². The summed E-state index contributed by atoms with van der Waals surface area (Å²) in [6.07, 6.45) is 1.18. The number of hydrogen-bond acceptors (Lipinski definition) is 3. The zero-order valence-electron chi connectivity index (χ0n) is 9.07. The van der Waals surface area contributed by atoms with Crippen LogP contribution in [0.25, 0.3) is 0 Å². The Hall–Kier alpha value is -0.667. The van der Waals surface area contributed by atoms with Crippen molar-refractivity contribution in [3.63, 3.8) is 0 Å². The van der Waals surface area contributed by atoms with E-state index in [2.05, 4.69) is 0 Å². The van der Waals surface area contributed by atoms with Gasteiger partial charge in [0.2, 0.25) is 0 Å². The summed E-state index contributed by atoms with van der Waals surface area (Å²) in [5, 5.41) is 18.6. The molecule has 0 aromatic heterocycles. The average Bonchev–Trinajstić information content (AvgIpc) is 2.19. The second kappa shape index (κ2) is 9.55. The summed E-state index contributed by atoms with van der Waals surface area (Å²) >= 11 is 0. The molecule has 0 bridgehead atoms. The fourth-order valence-corrected chi connectivity index (χ4v) is 1.00. The van der Waals surface area contributed by atoms with Crippen LogP contribution < -0.4 is 22.1 Å². The molecule has 0 amide bonds. The van der Waals surface area contributed by atoms with Gasteiger partial charge in [0, 0.05) is 0 Å². The van der Waals surface area contributed by atoms with Gasteiger partial charge in [0.15, 0.2) is 0 Å². The third kappa shape index (κ3) is 6.03. The molecular weight excluding hydrogens is 323 g/mol. The molecule has 1 aromatic carbocycles. The number of allylic oxidation sites excluding steroid dienone is 1. The van der Waals surface area contributed by atoms with E-state index in [1.165, 1.54) is 6.08 Å². The Morgan fingerprint density at radius 2 is 1.94 bits per heavy atom. The van der Waals surface area contributed by atoms with Gasteiger partial charge in [-0.3, -0.25) is 0 Å². The Balaban J connectivity index is 0. The summed E-state index contributed by atoms with van der Waals surface area (Å²) in [6, 6.07) is 9.06. The van der Waals surface area contributed by atoms with Crippen LogP contribution in [0.4, 0.5) is 0 Å². The summed E-state index contributed by atoms with van der Waals surface area (Å²) in [5.41, 5.74) is 0.879. The molecule has 0 unspecified atom stereocenters. The largest absolute Gasteiger partial charge is 2.00 e. The molecule has 0 saturated carbocycles. The minimum atomic E-state index is -0.471. The van der Waals surface area contributed by atoms with E-state index >= 15 is 0 Å². The maximum absolute atomic E-state index is 11.0. The molecule has 1 aromatic rings. The fourth-order valence-electron chi connectivity index (χ4n) is 1.00. The zero-order valence-corrected chi connectivity index (χ0v) is 13.6. The quantitative estimate of drug-likeness (QED) is 0.405. The second-order valence-electron chi connectivity index (χ2n) is 2.68. The Bertz CT molecular complexity index is 341. The number of halogens is 1. The van der Waals surface area contributed by atoms with Crippen molar-refractivity contribution in [1.82, 2.24) is 0 Å². The van der Waals surface area contributed by atoms with E-state index in [-0.39, 0.29) is 42.2 Å². The monoisotopic (exact) mass is 333 g/mol. The molecule has 0 aliphatic carbocycles. The van der Waals surface area contributed by atoms with Crippen molar-refractivity contribution in [1.29, 1.82) is 5.41 Å². The van der Waals surface area contributed by atoms with Gasteiger partial charge in [0.1, 0.15) is 0 Å². The van der Waals surface area contributed by atoms with Gasteiger partial charge in [0.25, 0.3) is 0 Å². The molecule has 0 heterocycles. The summed E-state index contributed by atoms with van der Waals surface area (Å²) < 4.78 is 4.70. The first-order valence-electron chi connectivity index (χ1n) is 4.39. The number of hydrogen-bond donors (Lipinski definition) is 1. The minimum absolute atomic E-state index is 0. The zero-order chi connectivity index (χ0) is 10.4. The maximum Gasteiger partial charge on any atom is 2.00 e. The van der Waals surface area contributed by atoms with E-state index in [4.69, 9.17) is 10.1 Å². The molecule has 0 saturated heterocycles. The normalized spacial score (nSPS) is 9.69. The van der Waals surface area contributed by atoms with Crippen LogP contribution in [0.2, 0.25) is 0 Å². The van der Waals surface area contributed by atoms with E-state index in [0.717, 1.165) is 0 Å². The Labute approximate surface area is 119 Å². The number of nitrogens with one attached hydrogen (secondary N) is 1. The molecule has 0 aliphatic rings. The molecule has 16 heavy (non-hydrogen) atoms. The predicted molar refractivity (Wildman–Crippen MR) is 53.0 cm³/mol. The minimum Gasteiger partial charge on any atom is -1.00 e. The molecule has 3 nitrogen and oxygen atoms in total. The smallest absolute Gasteiger partial charge is 1.00 e. The van der Waals surface area contributed by atoms with Crippen LogP contribution in [-0.4, -0.2) is 12.3 Å². The van der Waals surface area contributed by atoms with Gasteiger partial charge in [-0.2, -0.15) is 0 Å². The topological polar surface area (TPSA) is 56.1 Å².